The zero-order valence-electron chi connectivity index (χ0n) is 10.9. The highest BCUT2D eigenvalue weighted by Gasteiger charge is 2.22. The summed E-state index contributed by atoms with van der Waals surface area (Å²) in [5.41, 5.74) is 0. The van der Waals surface area contributed by atoms with Gasteiger partial charge in [-0.25, -0.2) is 0 Å². The highest BCUT2D eigenvalue weighted by atomic mass is 16.5. The van der Waals surface area contributed by atoms with Crippen molar-refractivity contribution >= 4 is 0 Å². The zero-order valence-corrected chi connectivity index (χ0v) is 10.9. The van der Waals surface area contributed by atoms with E-state index in [-0.39, 0.29) is 0 Å². The molecule has 2 aliphatic rings. The Morgan fingerprint density at radius 1 is 1.06 bits per heavy atom. The number of hydrogen-bond donors (Lipinski definition) is 1. The fourth-order valence-corrected chi connectivity index (χ4v) is 3.27. The average molecular weight is 241 g/mol. The molecule has 0 aromatic carbocycles. The molecule has 1 saturated carbocycles. The fourth-order valence-electron chi connectivity index (χ4n) is 3.27. The van der Waals surface area contributed by atoms with Crippen molar-refractivity contribution in [1.82, 2.24) is 4.90 Å². The Balaban J connectivity index is 1.65. The van der Waals surface area contributed by atoms with Crippen molar-refractivity contribution in [2.75, 3.05) is 26.3 Å². The SMILES string of the molecule is OCCN(CCCC1CCCO1)C1CCCC1. The lowest BCUT2D eigenvalue weighted by atomic mass is 10.1. The van der Waals surface area contributed by atoms with Gasteiger partial charge in [0.05, 0.1) is 12.7 Å². The highest BCUT2D eigenvalue weighted by Crippen LogP contribution is 2.24. The largest absolute Gasteiger partial charge is 0.395 e. The minimum Gasteiger partial charge on any atom is -0.395 e. The van der Waals surface area contributed by atoms with Gasteiger partial charge in [-0.3, -0.25) is 4.90 Å². The standard InChI is InChI=1S/C14H27NO2/c16-11-10-15(13-5-1-2-6-13)9-3-7-14-8-4-12-17-14/h13-14,16H,1-12H2. The second-order valence-electron chi connectivity index (χ2n) is 5.48. The Hall–Kier alpha value is -0.120. The first kappa shape index (κ1) is 13.3. The van der Waals surface area contributed by atoms with Gasteiger partial charge >= 0.3 is 0 Å². The molecule has 0 aromatic heterocycles. The van der Waals surface area contributed by atoms with Crippen molar-refractivity contribution in [1.29, 1.82) is 0 Å². The Kier molecular flexibility index (Phi) is 5.75. The van der Waals surface area contributed by atoms with Crippen LogP contribution in [0, 0.1) is 0 Å². The quantitative estimate of drug-likeness (QED) is 0.741. The van der Waals surface area contributed by atoms with E-state index in [9.17, 15) is 0 Å². The predicted molar refractivity (Wildman–Crippen MR) is 69.1 cm³/mol. The maximum atomic E-state index is 9.14. The summed E-state index contributed by atoms with van der Waals surface area (Å²) in [7, 11) is 0. The van der Waals surface area contributed by atoms with E-state index >= 15 is 0 Å². The molecule has 1 saturated heterocycles. The van der Waals surface area contributed by atoms with Crippen LogP contribution in [0.1, 0.15) is 51.4 Å². The number of nitrogens with zero attached hydrogens (tertiary/aromatic N) is 1. The number of aliphatic hydroxyl groups is 1. The molecule has 2 fully saturated rings. The summed E-state index contributed by atoms with van der Waals surface area (Å²) in [6.45, 7) is 3.27. The van der Waals surface area contributed by atoms with Gasteiger partial charge in [-0.05, 0) is 45.1 Å². The lowest BCUT2D eigenvalue weighted by Crippen LogP contribution is -2.36. The fraction of sp³-hybridized carbons (Fsp3) is 1.00. The van der Waals surface area contributed by atoms with Crippen molar-refractivity contribution in [3.63, 3.8) is 0 Å². The third-order valence-electron chi connectivity index (χ3n) is 4.22. The molecule has 100 valence electrons. The van der Waals surface area contributed by atoms with Crippen molar-refractivity contribution in [2.24, 2.45) is 0 Å². The molecule has 1 N–H and O–H groups in total. The van der Waals surface area contributed by atoms with Crippen molar-refractivity contribution in [3.05, 3.63) is 0 Å². The van der Waals surface area contributed by atoms with Crippen molar-refractivity contribution in [2.45, 2.75) is 63.5 Å². The van der Waals surface area contributed by atoms with Crippen LogP contribution in [0.4, 0.5) is 0 Å². The van der Waals surface area contributed by atoms with Crippen molar-refractivity contribution < 1.29 is 9.84 Å². The van der Waals surface area contributed by atoms with E-state index < -0.39 is 0 Å². The zero-order chi connectivity index (χ0) is 11.9. The first-order chi connectivity index (χ1) is 8.40. The predicted octanol–water partition coefficient (Wildman–Crippen LogP) is 2.18. The molecule has 0 spiro atoms. The smallest absolute Gasteiger partial charge is 0.0576 e. The summed E-state index contributed by atoms with van der Waals surface area (Å²) in [4.78, 5) is 2.50. The molecule has 3 heteroatoms. The lowest BCUT2D eigenvalue weighted by molar-refractivity contribution is 0.0928. The Bertz CT molecular complexity index is 198. The van der Waals surface area contributed by atoms with E-state index in [1.54, 1.807) is 0 Å². The summed E-state index contributed by atoms with van der Waals surface area (Å²) in [5, 5.41) is 9.14. The van der Waals surface area contributed by atoms with Gasteiger partial charge in [-0.1, -0.05) is 12.8 Å². The van der Waals surface area contributed by atoms with Gasteiger partial charge in [0.1, 0.15) is 0 Å². The normalized spacial score (nSPS) is 26.1. The van der Waals surface area contributed by atoms with Crippen LogP contribution in [-0.4, -0.2) is 48.5 Å². The van der Waals surface area contributed by atoms with E-state index in [0.29, 0.717) is 12.7 Å². The molecule has 1 aliphatic heterocycles. The van der Waals surface area contributed by atoms with Gasteiger partial charge in [-0.15, -0.1) is 0 Å². The topological polar surface area (TPSA) is 32.7 Å². The summed E-state index contributed by atoms with van der Waals surface area (Å²) >= 11 is 0. The Morgan fingerprint density at radius 3 is 2.53 bits per heavy atom. The molecule has 1 heterocycles. The van der Waals surface area contributed by atoms with Gasteiger partial charge in [0.25, 0.3) is 0 Å². The molecule has 0 amide bonds. The van der Waals surface area contributed by atoms with Crippen LogP contribution in [0.25, 0.3) is 0 Å². The molecule has 0 radical (unpaired) electrons. The molecule has 17 heavy (non-hydrogen) atoms. The van der Waals surface area contributed by atoms with Crippen molar-refractivity contribution in [3.8, 4) is 0 Å². The summed E-state index contributed by atoms with van der Waals surface area (Å²) in [5.74, 6) is 0. The number of hydrogen-bond acceptors (Lipinski definition) is 3. The first-order valence-corrected chi connectivity index (χ1v) is 7.36. The molecule has 3 nitrogen and oxygen atoms in total. The van der Waals surface area contributed by atoms with Crippen LogP contribution in [0.3, 0.4) is 0 Å². The average Bonchev–Trinajstić information content (AvgIpc) is 3.01. The first-order valence-electron chi connectivity index (χ1n) is 7.36. The van der Waals surface area contributed by atoms with Crippen LogP contribution >= 0.6 is 0 Å². The van der Waals surface area contributed by atoms with E-state index in [1.165, 1.54) is 51.4 Å². The molecular formula is C14H27NO2. The number of ether oxygens (including phenoxy) is 1. The van der Waals surface area contributed by atoms with E-state index in [2.05, 4.69) is 4.90 Å². The van der Waals surface area contributed by atoms with Gasteiger partial charge in [0, 0.05) is 19.2 Å². The maximum absolute atomic E-state index is 9.14. The van der Waals surface area contributed by atoms with Crippen LogP contribution < -0.4 is 0 Å². The van der Waals surface area contributed by atoms with Gasteiger partial charge in [0.2, 0.25) is 0 Å². The van der Waals surface area contributed by atoms with Gasteiger partial charge in [0.15, 0.2) is 0 Å². The van der Waals surface area contributed by atoms with Crippen LogP contribution in [0.15, 0.2) is 0 Å². The highest BCUT2D eigenvalue weighted by molar-refractivity contribution is 4.77. The molecule has 1 atom stereocenters. The second kappa shape index (κ2) is 7.34. The van der Waals surface area contributed by atoms with E-state index in [0.717, 1.165) is 25.7 Å². The van der Waals surface area contributed by atoms with Gasteiger partial charge in [-0.2, -0.15) is 0 Å². The summed E-state index contributed by atoms with van der Waals surface area (Å²) < 4.78 is 5.65. The molecule has 0 aromatic rings. The van der Waals surface area contributed by atoms with E-state index in [4.69, 9.17) is 9.84 Å². The van der Waals surface area contributed by atoms with Gasteiger partial charge < -0.3 is 9.84 Å². The number of aliphatic hydroxyl groups excluding tert-OH is 1. The lowest BCUT2D eigenvalue weighted by Gasteiger charge is -2.28. The molecule has 2 rings (SSSR count). The minimum atomic E-state index is 0.302. The summed E-state index contributed by atoms with van der Waals surface area (Å²) in [6, 6.07) is 0.742. The maximum Gasteiger partial charge on any atom is 0.0576 e. The monoisotopic (exact) mass is 241 g/mol. The molecular weight excluding hydrogens is 214 g/mol. The Labute approximate surface area is 105 Å². The summed E-state index contributed by atoms with van der Waals surface area (Å²) in [6.07, 6.45) is 10.9. The van der Waals surface area contributed by atoms with Crippen LogP contribution in [0.5, 0.6) is 0 Å². The molecule has 0 bridgehead atoms. The second-order valence-corrected chi connectivity index (χ2v) is 5.48. The van der Waals surface area contributed by atoms with Crippen LogP contribution in [-0.2, 0) is 4.74 Å². The number of rotatable bonds is 7. The molecule has 1 unspecified atom stereocenters. The minimum absolute atomic E-state index is 0.302. The Morgan fingerprint density at radius 2 is 1.88 bits per heavy atom. The molecule has 1 aliphatic carbocycles. The third-order valence-corrected chi connectivity index (χ3v) is 4.22. The third kappa shape index (κ3) is 4.23. The van der Waals surface area contributed by atoms with E-state index in [1.807, 2.05) is 0 Å². The van der Waals surface area contributed by atoms with Crippen LogP contribution in [0.2, 0.25) is 0 Å².